The van der Waals surface area contributed by atoms with Gasteiger partial charge in [-0.25, -0.2) is 9.97 Å². The van der Waals surface area contributed by atoms with Crippen LogP contribution >= 0.6 is 23.5 Å². The van der Waals surface area contributed by atoms with Crippen LogP contribution in [0.2, 0.25) is 0 Å². The summed E-state index contributed by atoms with van der Waals surface area (Å²) >= 11 is 3.28. The zero-order chi connectivity index (χ0) is 13.2. The molecule has 0 atom stereocenters. The minimum absolute atomic E-state index is 0.826. The van der Waals surface area contributed by atoms with Crippen LogP contribution in [0.25, 0.3) is 0 Å². The minimum Gasteiger partial charge on any atom is -0.497 e. The maximum absolute atomic E-state index is 5.00. The Morgan fingerprint density at radius 1 is 0.944 bits per heavy atom. The van der Waals surface area contributed by atoms with Crippen molar-refractivity contribution in [2.75, 3.05) is 19.6 Å². The molecule has 5 heteroatoms. The molecule has 2 rings (SSSR count). The topological polar surface area (TPSA) is 35.0 Å². The summed E-state index contributed by atoms with van der Waals surface area (Å²) in [4.78, 5) is 9.16. The third kappa shape index (κ3) is 5.42. The molecule has 3 nitrogen and oxygen atoms in total. The van der Waals surface area contributed by atoms with Crippen LogP contribution in [0.15, 0.2) is 52.8 Å². The second-order valence-electron chi connectivity index (χ2n) is 3.12. The Hall–Kier alpha value is -1.20. The fourth-order valence-corrected chi connectivity index (χ4v) is 1.84. The zero-order valence-electron chi connectivity index (χ0n) is 10.7. The molecular weight excluding hydrogens is 264 g/mol. The van der Waals surface area contributed by atoms with Gasteiger partial charge >= 0.3 is 0 Å². The lowest BCUT2D eigenvalue weighted by Gasteiger charge is -1.98. The fourth-order valence-electron chi connectivity index (χ4n) is 1.10. The number of benzene rings is 1. The van der Waals surface area contributed by atoms with Gasteiger partial charge < -0.3 is 4.74 Å². The van der Waals surface area contributed by atoms with Crippen molar-refractivity contribution < 1.29 is 4.74 Å². The number of ether oxygens (including phenoxy) is 1. The standard InChI is InChI=1S/C8H10OS.C5H6N2S/c1-9-7-3-5-8(10-2)6-4-7;1-8-5-6-3-2-4-7-5/h3-6H,1-2H3;2-4H,1H3. The number of hydrogen-bond donors (Lipinski definition) is 0. The van der Waals surface area contributed by atoms with Gasteiger partial charge in [0.1, 0.15) is 5.75 Å². The second-order valence-corrected chi connectivity index (χ2v) is 4.77. The number of aromatic nitrogens is 2. The number of thioether (sulfide) groups is 2. The van der Waals surface area contributed by atoms with E-state index in [9.17, 15) is 0 Å². The lowest BCUT2D eigenvalue weighted by molar-refractivity contribution is 0.414. The Bertz CT molecular complexity index is 412. The summed E-state index contributed by atoms with van der Waals surface area (Å²) in [7, 11) is 1.67. The molecule has 1 aromatic heterocycles. The molecule has 0 N–H and O–H groups in total. The summed E-state index contributed by atoms with van der Waals surface area (Å²) in [5.74, 6) is 0.915. The van der Waals surface area contributed by atoms with Crippen LogP contribution in [0.4, 0.5) is 0 Å². The number of nitrogens with zero attached hydrogens (tertiary/aromatic N) is 2. The van der Waals surface area contributed by atoms with Gasteiger partial charge in [0.05, 0.1) is 7.11 Å². The van der Waals surface area contributed by atoms with E-state index in [1.54, 1.807) is 49.1 Å². The number of methoxy groups -OCH3 is 1. The van der Waals surface area contributed by atoms with Gasteiger partial charge in [0.15, 0.2) is 5.16 Å². The lowest BCUT2D eigenvalue weighted by atomic mass is 10.3. The van der Waals surface area contributed by atoms with E-state index in [0.29, 0.717) is 0 Å². The van der Waals surface area contributed by atoms with Crippen molar-refractivity contribution in [3.8, 4) is 5.75 Å². The molecule has 96 valence electrons. The second kappa shape index (κ2) is 8.83. The average Bonchev–Trinajstić information content (AvgIpc) is 2.49. The van der Waals surface area contributed by atoms with Crippen molar-refractivity contribution in [1.82, 2.24) is 9.97 Å². The molecular formula is C13H16N2OS2. The molecule has 1 aromatic carbocycles. The van der Waals surface area contributed by atoms with E-state index in [1.165, 1.54) is 4.90 Å². The first kappa shape index (κ1) is 14.9. The summed E-state index contributed by atoms with van der Waals surface area (Å²) in [5, 5.41) is 0.826. The summed E-state index contributed by atoms with van der Waals surface area (Å²) in [5.41, 5.74) is 0. The van der Waals surface area contributed by atoms with Crippen molar-refractivity contribution in [2.45, 2.75) is 10.1 Å². The van der Waals surface area contributed by atoms with E-state index in [-0.39, 0.29) is 0 Å². The first-order valence-corrected chi connectivity index (χ1v) is 7.74. The Labute approximate surface area is 116 Å². The monoisotopic (exact) mass is 280 g/mol. The first-order valence-electron chi connectivity index (χ1n) is 5.29. The summed E-state index contributed by atoms with van der Waals surface area (Å²) in [6, 6.07) is 9.82. The molecule has 0 aliphatic heterocycles. The van der Waals surface area contributed by atoms with E-state index in [1.807, 2.05) is 30.5 Å². The summed E-state index contributed by atoms with van der Waals surface area (Å²) in [6.07, 6.45) is 7.48. The third-order valence-electron chi connectivity index (χ3n) is 2.02. The normalized spacial score (nSPS) is 9.28. The Balaban J connectivity index is 0.000000184. The summed E-state index contributed by atoms with van der Waals surface area (Å²) < 4.78 is 5.00. The Kier molecular flexibility index (Phi) is 7.29. The quantitative estimate of drug-likeness (QED) is 0.634. The highest BCUT2D eigenvalue weighted by molar-refractivity contribution is 7.98. The van der Waals surface area contributed by atoms with Crippen LogP contribution in [0.5, 0.6) is 5.75 Å². The highest BCUT2D eigenvalue weighted by Gasteiger charge is 1.89. The smallest absolute Gasteiger partial charge is 0.187 e. The molecule has 0 spiro atoms. The summed E-state index contributed by atoms with van der Waals surface area (Å²) in [6.45, 7) is 0. The highest BCUT2D eigenvalue weighted by atomic mass is 32.2. The van der Waals surface area contributed by atoms with Crippen molar-refractivity contribution in [1.29, 1.82) is 0 Å². The minimum atomic E-state index is 0.826. The van der Waals surface area contributed by atoms with E-state index in [4.69, 9.17) is 4.74 Å². The van der Waals surface area contributed by atoms with Gasteiger partial charge in [-0.1, -0.05) is 11.8 Å². The van der Waals surface area contributed by atoms with Gasteiger partial charge in [-0.15, -0.1) is 11.8 Å². The molecule has 0 aliphatic carbocycles. The molecule has 0 saturated heterocycles. The van der Waals surface area contributed by atoms with Gasteiger partial charge in [-0.3, -0.25) is 0 Å². The fraction of sp³-hybridized carbons (Fsp3) is 0.231. The van der Waals surface area contributed by atoms with Crippen molar-refractivity contribution >= 4 is 23.5 Å². The molecule has 0 aliphatic rings. The first-order chi connectivity index (χ1) is 8.80. The molecule has 0 fully saturated rings. The van der Waals surface area contributed by atoms with Gasteiger partial charge in [0, 0.05) is 17.3 Å². The average molecular weight is 280 g/mol. The molecule has 18 heavy (non-hydrogen) atoms. The van der Waals surface area contributed by atoms with Gasteiger partial charge in [-0.05, 0) is 42.8 Å². The molecule has 0 saturated carbocycles. The molecule has 1 heterocycles. The maximum atomic E-state index is 5.00. The van der Waals surface area contributed by atoms with Crippen LogP contribution < -0.4 is 4.74 Å². The van der Waals surface area contributed by atoms with E-state index in [0.717, 1.165) is 10.9 Å². The van der Waals surface area contributed by atoms with Gasteiger partial charge in [-0.2, -0.15) is 0 Å². The van der Waals surface area contributed by atoms with Crippen molar-refractivity contribution in [3.63, 3.8) is 0 Å². The zero-order valence-corrected chi connectivity index (χ0v) is 12.3. The van der Waals surface area contributed by atoms with Crippen LogP contribution in [-0.2, 0) is 0 Å². The molecule has 2 aromatic rings. The molecule has 0 bridgehead atoms. The SMILES string of the molecule is COc1ccc(SC)cc1.CSc1ncccn1. The molecule has 0 unspecified atom stereocenters. The largest absolute Gasteiger partial charge is 0.497 e. The Morgan fingerprint density at radius 2 is 1.56 bits per heavy atom. The van der Waals surface area contributed by atoms with E-state index < -0.39 is 0 Å². The van der Waals surface area contributed by atoms with Gasteiger partial charge in [0.2, 0.25) is 0 Å². The van der Waals surface area contributed by atoms with Crippen LogP contribution in [-0.4, -0.2) is 29.6 Å². The van der Waals surface area contributed by atoms with E-state index >= 15 is 0 Å². The Morgan fingerprint density at radius 3 is 1.94 bits per heavy atom. The molecule has 0 radical (unpaired) electrons. The van der Waals surface area contributed by atoms with Crippen molar-refractivity contribution in [2.24, 2.45) is 0 Å². The van der Waals surface area contributed by atoms with Gasteiger partial charge in [0.25, 0.3) is 0 Å². The predicted octanol–water partition coefficient (Wildman–Crippen LogP) is 3.62. The maximum Gasteiger partial charge on any atom is 0.187 e. The highest BCUT2D eigenvalue weighted by Crippen LogP contribution is 2.18. The van der Waals surface area contributed by atoms with E-state index in [2.05, 4.69) is 16.2 Å². The van der Waals surface area contributed by atoms with Crippen LogP contribution in [0.3, 0.4) is 0 Å². The van der Waals surface area contributed by atoms with Crippen LogP contribution in [0, 0.1) is 0 Å². The van der Waals surface area contributed by atoms with Crippen molar-refractivity contribution in [3.05, 3.63) is 42.7 Å². The van der Waals surface area contributed by atoms with Crippen LogP contribution in [0.1, 0.15) is 0 Å². The lowest BCUT2D eigenvalue weighted by Crippen LogP contribution is -1.80. The number of hydrogen-bond acceptors (Lipinski definition) is 5. The predicted molar refractivity (Wildman–Crippen MR) is 78.6 cm³/mol. The third-order valence-corrected chi connectivity index (χ3v) is 3.34. The number of rotatable bonds is 3. The molecule has 0 amide bonds.